The fourth-order valence-corrected chi connectivity index (χ4v) is 3.11. The van der Waals surface area contributed by atoms with E-state index in [1.807, 2.05) is 31.2 Å². The van der Waals surface area contributed by atoms with Gasteiger partial charge in [-0.1, -0.05) is 0 Å². The maximum Gasteiger partial charge on any atom is 0.147 e. The van der Waals surface area contributed by atoms with E-state index in [-0.39, 0.29) is 0 Å². The summed E-state index contributed by atoms with van der Waals surface area (Å²) >= 11 is 2.03. The quantitative estimate of drug-likeness (QED) is 0.883. The normalized spacial score (nSPS) is 19.4. The van der Waals surface area contributed by atoms with Crippen LogP contribution in [-0.2, 0) is 6.54 Å². The third kappa shape index (κ3) is 3.33. The van der Waals surface area contributed by atoms with Crippen LogP contribution in [0, 0.1) is 0 Å². The Morgan fingerprint density at radius 1 is 1.41 bits per heavy atom. The van der Waals surface area contributed by atoms with Crippen LogP contribution in [0.4, 0.5) is 5.82 Å². The van der Waals surface area contributed by atoms with E-state index < -0.39 is 0 Å². The molecule has 1 aromatic heterocycles. The van der Waals surface area contributed by atoms with Crippen LogP contribution in [0.3, 0.4) is 0 Å². The summed E-state index contributed by atoms with van der Waals surface area (Å²) in [4.78, 5) is 11.2. The van der Waals surface area contributed by atoms with E-state index in [2.05, 4.69) is 34.0 Å². The van der Waals surface area contributed by atoms with E-state index >= 15 is 0 Å². The molecule has 0 spiro atoms. The van der Waals surface area contributed by atoms with E-state index in [0.717, 1.165) is 36.9 Å². The minimum atomic E-state index is 0.309. The Hall–Kier alpha value is -0.810. The van der Waals surface area contributed by atoms with Gasteiger partial charge in [0.05, 0.1) is 18.1 Å². The van der Waals surface area contributed by atoms with Crippen LogP contribution in [0.2, 0.25) is 0 Å². The summed E-state index contributed by atoms with van der Waals surface area (Å²) in [7, 11) is 1.92. The van der Waals surface area contributed by atoms with Crippen LogP contribution in [0.25, 0.3) is 0 Å². The molecular formula is C12H20N4S. The lowest BCUT2D eigenvalue weighted by Gasteiger charge is -2.38. The second kappa shape index (κ2) is 5.23. The van der Waals surface area contributed by atoms with Gasteiger partial charge in [0.1, 0.15) is 5.82 Å². The van der Waals surface area contributed by atoms with Crippen LogP contribution < -0.4 is 10.2 Å². The average molecular weight is 252 g/mol. The van der Waals surface area contributed by atoms with Crippen molar-refractivity contribution in [3.8, 4) is 0 Å². The molecule has 0 atom stereocenters. The zero-order chi connectivity index (χ0) is 12.3. The Bertz CT molecular complexity index is 363. The molecule has 0 aliphatic carbocycles. The van der Waals surface area contributed by atoms with Gasteiger partial charge in [0.15, 0.2) is 0 Å². The van der Waals surface area contributed by atoms with Crippen molar-refractivity contribution in [3.05, 3.63) is 18.1 Å². The van der Waals surface area contributed by atoms with E-state index in [4.69, 9.17) is 0 Å². The first-order valence-corrected chi connectivity index (χ1v) is 6.94. The van der Waals surface area contributed by atoms with Crippen molar-refractivity contribution in [2.24, 2.45) is 0 Å². The van der Waals surface area contributed by atoms with Gasteiger partial charge in [-0.2, -0.15) is 11.8 Å². The van der Waals surface area contributed by atoms with Gasteiger partial charge in [-0.15, -0.1) is 0 Å². The molecule has 2 heterocycles. The highest BCUT2D eigenvalue weighted by atomic mass is 32.2. The summed E-state index contributed by atoms with van der Waals surface area (Å²) in [5.74, 6) is 2.16. The van der Waals surface area contributed by atoms with Crippen molar-refractivity contribution >= 4 is 17.6 Å². The van der Waals surface area contributed by atoms with Gasteiger partial charge in [-0.25, -0.2) is 4.98 Å². The Kier molecular flexibility index (Phi) is 3.89. The molecule has 4 nitrogen and oxygen atoms in total. The molecule has 0 unspecified atom stereocenters. The number of hydrogen-bond donors (Lipinski definition) is 1. The first kappa shape index (κ1) is 12.6. The molecule has 1 aromatic rings. The van der Waals surface area contributed by atoms with Crippen molar-refractivity contribution in [1.29, 1.82) is 0 Å². The second-order valence-corrected chi connectivity index (χ2v) is 6.73. The lowest BCUT2D eigenvalue weighted by atomic mass is 10.2. The second-order valence-electron chi connectivity index (χ2n) is 4.93. The molecule has 2 rings (SSSR count). The monoisotopic (exact) mass is 252 g/mol. The largest absolute Gasteiger partial charge is 0.353 e. The molecule has 0 amide bonds. The number of nitrogens with one attached hydrogen (secondary N) is 1. The average Bonchev–Trinajstić information content (AvgIpc) is 2.29. The van der Waals surface area contributed by atoms with Crippen molar-refractivity contribution in [2.45, 2.75) is 25.1 Å². The number of anilines is 1. The number of rotatable bonds is 3. The van der Waals surface area contributed by atoms with Gasteiger partial charge in [0.2, 0.25) is 0 Å². The number of nitrogens with zero attached hydrogens (tertiary/aromatic N) is 3. The molecule has 5 heteroatoms. The molecule has 1 aliphatic heterocycles. The van der Waals surface area contributed by atoms with Crippen LogP contribution in [0.15, 0.2) is 12.4 Å². The maximum atomic E-state index is 4.50. The van der Waals surface area contributed by atoms with Crippen molar-refractivity contribution in [1.82, 2.24) is 15.3 Å². The minimum absolute atomic E-state index is 0.309. The molecule has 1 N–H and O–H groups in total. The van der Waals surface area contributed by atoms with Crippen LogP contribution >= 0.6 is 11.8 Å². The molecule has 1 aliphatic rings. The standard InChI is InChI=1S/C12H20N4S/c1-12(2)9-16(4-5-17-12)11-8-14-10(6-13-3)7-15-11/h7-8,13H,4-6,9H2,1-3H3. The third-order valence-electron chi connectivity index (χ3n) is 2.80. The highest BCUT2D eigenvalue weighted by Crippen LogP contribution is 2.31. The minimum Gasteiger partial charge on any atom is -0.353 e. The summed E-state index contributed by atoms with van der Waals surface area (Å²) in [5, 5.41) is 3.08. The van der Waals surface area contributed by atoms with Crippen molar-refractivity contribution < 1.29 is 0 Å². The summed E-state index contributed by atoms with van der Waals surface area (Å²) < 4.78 is 0.309. The van der Waals surface area contributed by atoms with Gasteiger partial charge in [0, 0.05) is 30.1 Å². The topological polar surface area (TPSA) is 41.1 Å². The summed E-state index contributed by atoms with van der Waals surface area (Å²) in [6.07, 6.45) is 3.75. The fourth-order valence-electron chi connectivity index (χ4n) is 2.00. The zero-order valence-electron chi connectivity index (χ0n) is 10.7. The SMILES string of the molecule is CNCc1cnc(N2CCSC(C)(C)C2)cn1. The molecule has 0 bridgehead atoms. The molecule has 1 saturated heterocycles. The molecule has 94 valence electrons. The van der Waals surface area contributed by atoms with Crippen LogP contribution in [0.1, 0.15) is 19.5 Å². The van der Waals surface area contributed by atoms with Gasteiger partial charge in [0.25, 0.3) is 0 Å². The lowest BCUT2D eigenvalue weighted by Crippen LogP contribution is -2.43. The van der Waals surface area contributed by atoms with Gasteiger partial charge < -0.3 is 10.2 Å². The molecular weight excluding hydrogens is 232 g/mol. The predicted octanol–water partition coefficient (Wildman–Crippen LogP) is 1.53. The van der Waals surface area contributed by atoms with Gasteiger partial charge >= 0.3 is 0 Å². The van der Waals surface area contributed by atoms with E-state index in [0.29, 0.717) is 4.75 Å². The molecule has 0 saturated carbocycles. The van der Waals surface area contributed by atoms with Crippen molar-refractivity contribution in [2.75, 3.05) is 30.8 Å². The van der Waals surface area contributed by atoms with Crippen molar-refractivity contribution in [3.63, 3.8) is 0 Å². The zero-order valence-corrected chi connectivity index (χ0v) is 11.5. The Morgan fingerprint density at radius 2 is 2.24 bits per heavy atom. The smallest absolute Gasteiger partial charge is 0.147 e. The first-order valence-electron chi connectivity index (χ1n) is 5.95. The Balaban J connectivity index is 2.06. The first-order chi connectivity index (χ1) is 8.11. The van der Waals surface area contributed by atoms with E-state index in [1.54, 1.807) is 0 Å². The third-order valence-corrected chi connectivity index (χ3v) is 4.10. The summed E-state index contributed by atoms with van der Waals surface area (Å²) in [5.41, 5.74) is 0.988. The van der Waals surface area contributed by atoms with Crippen LogP contribution in [0.5, 0.6) is 0 Å². The highest BCUT2D eigenvalue weighted by molar-refractivity contribution is 8.00. The number of thioether (sulfide) groups is 1. The van der Waals surface area contributed by atoms with E-state index in [1.165, 1.54) is 0 Å². The molecule has 0 radical (unpaired) electrons. The highest BCUT2D eigenvalue weighted by Gasteiger charge is 2.27. The predicted molar refractivity (Wildman–Crippen MR) is 73.5 cm³/mol. The molecule has 1 fully saturated rings. The van der Waals surface area contributed by atoms with E-state index in [9.17, 15) is 0 Å². The summed E-state index contributed by atoms with van der Waals surface area (Å²) in [6, 6.07) is 0. The molecule has 17 heavy (non-hydrogen) atoms. The van der Waals surface area contributed by atoms with Gasteiger partial charge in [-0.05, 0) is 20.9 Å². The number of hydrogen-bond acceptors (Lipinski definition) is 5. The number of aromatic nitrogens is 2. The lowest BCUT2D eigenvalue weighted by molar-refractivity contribution is 0.640. The Labute approximate surface area is 107 Å². The summed E-state index contributed by atoms with van der Waals surface area (Å²) in [6.45, 7) is 7.44. The Morgan fingerprint density at radius 3 is 2.82 bits per heavy atom. The maximum absolute atomic E-state index is 4.50. The van der Waals surface area contributed by atoms with Gasteiger partial charge in [-0.3, -0.25) is 4.98 Å². The fraction of sp³-hybridized carbons (Fsp3) is 0.667. The van der Waals surface area contributed by atoms with Crippen LogP contribution in [-0.4, -0.2) is 40.6 Å². The molecule has 0 aromatic carbocycles.